The van der Waals surface area contributed by atoms with Gasteiger partial charge in [-0.25, -0.2) is 0 Å². The maximum absolute atomic E-state index is 12.4. The number of anilines is 1. The van der Waals surface area contributed by atoms with Crippen molar-refractivity contribution in [2.45, 2.75) is 31.8 Å². The summed E-state index contributed by atoms with van der Waals surface area (Å²) in [5.74, 6) is 0.628. The average Bonchev–Trinajstić information content (AvgIpc) is 3.38. The van der Waals surface area contributed by atoms with E-state index in [-0.39, 0.29) is 18.0 Å². The molecule has 0 spiro atoms. The monoisotopic (exact) mass is 372 g/mol. The number of amides is 1. The summed E-state index contributed by atoms with van der Waals surface area (Å²) in [6, 6.07) is 18.0. The SMILES string of the molecule is C[C@@H](N[C@@H](c1ccccc1)C1CC1)C(=O)Nc1cccc(Br)c1. The number of hydrogen-bond acceptors (Lipinski definition) is 2. The Hall–Kier alpha value is -1.65. The van der Waals surface area contributed by atoms with Gasteiger partial charge in [0.15, 0.2) is 0 Å². The summed E-state index contributed by atoms with van der Waals surface area (Å²) in [5.41, 5.74) is 2.07. The van der Waals surface area contributed by atoms with Crippen molar-refractivity contribution in [3.8, 4) is 0 Å². The molecule has 0 aliphatic heterocycles. The first-order chi connectivity index (χ1) is 11.1. The van der Waals surface area contributed by atoms with Gasteiger partial charge in [-0.05, 0) is 49.4 Å². The van der Waals surface area contributed by atoms with Crippen LogP contribution in [0.2, 0.25) is 0 Å². The van der Waals surface area contributed by atoms with E-state index in [2.05, 4.69) is 50.8 Å². The van der Waals surface area contributed by atoms with Crippen LogP contribution >= 0.6 is 15.9 Å². The highest BCUT2D eigenvalue weighted by molar-refractivity contribution is 9.10. The summed E-state index contributed by atoms with van der Waals surface area (Å²) in [7, 11) is 0. The van der Waals surface area contributed by atoms with Crippen molar-refractivity contribution < 1.29 is 4.79 Å². The number of nitrogens with one attached hydrogen (secondary N) is 2. The minimum Gasteiger partial charge on any atom is -0.325 e. The van der Waals surface area contributed by atoms with Gasteiger partial charge in [-0.3, -0.25) is 10.1 Å². The fraction of sp³-hybridized carbons (Fsp3) is 0.316. The zero-order valence-corrected chi connectivity index (χ0v) is 14.7. The van der Waals surface area contributed by atoms with E-state index in [1.165, 1.54) is 18.4 Å². The molecule has 0 heterocycles. The first-order valence-electron chi connectivity index (χ1n) is 8.01. The smallest absolute Gasteiger partial charge is 0.241 e. The zero-order chi connectivity index (χ0) is 16.2. The third kappa shape index (κ3) is 4.43. The highest BCUT2D eigenvalue weighted by Crippen LogP contribution is 2.41. The topological polar surface area (TPSA) is 41.1 Å². The van der Waals surface area contributed by atoms with E-state index in [0.717, 1.165) is 10.2 Å². The molecule has 0 aromatic heterocycles. The molecule has 3 nitrogen and oxygen atoms in total. The van der Waals surface area contributed by atoms with Crippen LogP contribution in [0.15, 0.2) is 59.1 Å². The Labute approximate surface area is 145 Å². The van der Waals surface area contributed by atoms with Crippen LogP contribution in [-0.4, -0.2) is 11.9 Å². The highest BCUT2D eigenvalue weighted by Gasteiger charge is 2.33. The van der Waals surface area contributed by atoms with Crippen molar-refractivity contribution in [2.75, 3.05) is 5.32 Å². The molecule has 3 rings (SSSR count). The Balaban J connectivity index is 1.65. The van der Waals surface area contributed by atoms with Crippen molar-refractivity contribution in [1.82, 2.24) is 5.32 Å². The van der Waals surface area contributed by atoms with Gasteiger partial charge in [0.2, 0.25) is 5.91 Å². The Bertz CT molecular complexity index is 670. The highest BCUT2D eigenvalue weighted by atomic mass is 79.9. The molecule has 0 bridgehead atoms. The van der Waals surface area contributed by atoms with Crippen molar-refractivity contribution in [3.63, 3.8) is 0 Å². The Morgan fingerprint density at radius 3 is 2.52 bits per heavy atom. The number of rotatable bonds is 6. The second kappa shape index (κ2) is 7.28. The molecule has 120 valence electrons. The first-order valence-corrected chi connectivity index (χ1v) is 8.80. The van der Waals surface area contributed by atoms with Crippen molar-refractivity contribution in [3.05, 3.63) is 64.6 Å². The van der Waals surface area contributed by atoms with Crippen LogP contribution in [0.1, 0.15) is 31.4 Å². The number of hydrogen-bond donors (Lipinski definition) is 2. The molecule has 0 saturated heterocycles. The second-order valence-corrected chi connectivity index (χ2v) is 7.03. The maximum atomic E-state index is 12.4. The Kier molecular flexibility index (Phi) is 5.13. The van der Waals surface area contributed by atoms with Crippen molar-refractivity contribution in [1.29, 1.82) is 0 Å². The molecule has 0 unspecified atom stereocenters. The average molecular weight is 373 g/mol. The fourth-order valence-corrected chi connectivity index (χ4v) is 3.16. The maximum Gasteiger partial charge on any atom is 0.241 e. The molecule has 0 radical (unpaired) electrons. The van der Waals surface area contributed by atoms with Gasteiger partial charge in [-0.15, -0.1) is 0 Å². The molecule has 2 aromatic rings. The predicted octanol–water partition coefficient (Wildman–Crippen LogP) is 4.52. The number of halogens is 1. The molecule has 2 atom stereocenters. The molecule has 1 saturated carbocycles. The number of benzene rings is 2. The Morgan fingerprint density at radius 1 is 1.13 bits per heavy atom. The van der Waals surface area contributed by atoms with E-state index in [1.807, 2.05) is 37.3 Å². The summed E-state index contributed by atoms with van der Waals surface area (Å²) in [6.07, 6.45) is 2.46. The van der Waals surface area contributed by atoms with E-state index in [0.29, 0.717) is 5.92 Å². The van der Waals surface area contributed by atoms with Gasteiger partial charge < -0.3 is 5.32 Å². The van der Waals surface area contributed by atoms with Gasteiger partial charge in [-0.2, -0.15) is 0 Å². The number of carbonyl (C=O) groups is 1. The predicted molar refractivity (Wildman–Crippen MR) is 97.3 cm³/mol. The van der Waals surface area contributed by atoms with Gasteiger partial charge >= 0.3 is 0 Å². The van der Waals surface area contributed by atoms with Crippen LogP contribution in [0.5, 0.6) is 0 Å². The minimum absolute atomic E-state index is 0.00955. The summed E-state index contributed by atoms with van der Waals surface area (Å²) >= 11 is 3.42. The standard InChI is InChI=1S/C19H21BrN2O/c1-13(19(23)22-17-9-5-8-16(20)12-17)21-18(15-10-11-15)14-6-3-2-4-7-14/h2-9,12-13,15,18,21H,10-11H2,1H3,(H,22,23)/t13-,18+/m1/s1. The largest absolute Gasteiger partial charge is 0.325 e. The van der Waals surface area contributed by atoms with Crippen molar-refractivity contribution in [2.24, 2.45) is 5.92 Å². The lowest BCUT2D eigenvalue weighted by atomic mass is 10.0. The van der Waals surface area contributed by atoms with Crippen LogP contribution in [0.4, 0.5) is 5.69 Å². The summed E-state index contributed by atoms with van der Waals surface area (Å²) in [4.78, 5) is 12.4. The van der Waals surface area contributed by atoms with Gasteiger partial charge in [0.05, 0.1) is 6.04 Å². The summed E-state index contributed by atoms with van der Waals surface area (Å²) in [6.45, 7) is 1.92. The molecule has 1 fully saturated rings. The quantitative estimate of drug-likeness (QED) is 0.782. The van der Waals surface area contributed by atoms with E-state index in [1.54, 1.807) is 0 Å². The van der Waals surface area contributed by atoms with Crippen LogP contribution in [-0.2, 0) is 4.79 Å². The normalized spacial score (nSPS) is 16.6. The third-order valence-electron chi connectivity index (χ3n) is 4.17. The van der Waals surface area contributed by atoms with Crippen LogP contribution < -0.4 is 10.6 Å². The molecule has 4 heteroatoms. The van der Waals surface area contributed by atoms with Gasteiger partial charge in [-0.1, -0.05) is 52.3 Å². The molecule has 1 aliphatic carbocycles. The Morgan fingerprint density at radius 2 is 1.87 bits per heavy atom. The van der Waals surface area contributed by atoms with Gasteiger partial charge in [0, 0.05) is 16.2 Å². The zero-order valence-electron chi connectivity index (χ0n) is 13.1. The molecular weight excluding hydrogens is 352 g/mol. The lowest BCUT2D eigenvalue weighted by Gasteiger charge is -2.23. The van der Waals surface area contributed by atoms with Crippen LogP contribution in [0.25, 0.3) is 0 Å². The van der Waals surface area contributed by atoms with Gasteiger partial charge in [0.25, 0.3) is 0 Å². The summed E-state index contributed by atoms with van der Waals surface area (Å²) in [5, 5.41) is 6.47. The number of carbonyl (C=O) groups excluding carboxylic acids is 1. The lowest BCUT2D eigenvalue weighted by molar-refractivity contribution is -0.118. The minimum atomic E-state index is -0.250. The van der Waals surface area contributed by atoms with E-state index < -0.39 is 0 Å². The fourth-order valence-electron chi connectivity index (χ4n) is 2.76. The first kappa shape index (κ1) is 16.2. The molecule has 2 N–H and O–H groups in total. The molecular formula is C19H21BrN2O. The van der Waals surface area contributed by atoms with Crippen LogP contribution in [0, 0.1) is 5.92 Å². The van der Waals surface area contributed by atoms with E-state index in [9.17, 15) is 4.79 Å². The second-order valence-electron chi connectivity index (χ2n) is 6.11. The van der Waals surface area contributed by atoms with E-state index in [4.69, 9.17) is 0 Å². The lowest BCUT2D eigenvalue weighted by Crippen LogP contribution is -2.40. The van der Waals surface area contributed by atoms with Crippen molar-refractivity contribution >= 4 is 27.5 Å². The van der Waals surface area contributed by atoms with Crippen LogP contribution in [0.3, 0.4) is 0 Å². The molecule has 2 aromatic carbocycles. The van der Waals surface area contributed by atoms with E-state index >= 15 is 0 Å². The molecule has 1 aliphatic rings. The van der Waals surface area contributed by atoms with Gasteiger partial charge in [0.1, 0.15) is 0 Å². The molecule has 1 amide bonds. The molecule has 23 heavy (non-hydrogen) atoms. The summed E-state index contributed by atoms with van der Waals surface area (Å²) < 4.78 is 0.955. The third-order valence-corrected chi connectivity index (χ3v) is 4.66.